The molecule has 106 valence electrons. The highest BCUT2D eigenvalue weighted by atomic mass is 16.5. The van der Waals surface area contributed by atoms with Crippen LogP contribution in [0.3, 0.4) is 0 Å². The Morgan fingerprint density at radius 1 is 1.19 bits per heavy atom. The van der Waals surface area contributed by atoms with E-state index in [0.717, 1.165) is 28.1 Å². The molecule has 0 unspecified atom stereocenters. The number of benzene rings is 1. The van der Waals surface area contributed by atoms with Crippen molar-refractivity contribution in [3.63, 3.8) is 0 Å². The van der Waals surface area contributed by atoms with Gasteiger partial charge in [-0.15, -0.1) is 0 Å². The van der Waals surface area contributed by atoms with Crippen LogP contribution in [0.25, 0.3) is 11.5 Å². The zero-order valence-electron chi connectivity index (χ0n) is 12.0. The molecule has 0 aliphatic heterocycles. The summed E-state index contributed by atoms with van der Waals surface area (Å²) in [5.74, 6) is 1.04. The van der Waals surface area contributed by atoms with Gasteiger partial charge >= 0.3 is 0 Å². The summed E-state index contributed by atoms with van der Waals surface area (Å²) in [5.41, 5.74) is 10.5. The Bertz CT molecular complexity index is 779. The first-order chi connectivity index (χ1) is 10.1. The minimum absolute atomic E-state index is 0.511. The summed E-state index contributed by atoms with van der Waals surface area (Å²) in [6, 6.07) is 9.70. The Morgan fingerprint density at radius 2 is 2.00 bits per heavy atom. The van der Waals surface area contributed by atoms with E-state index in [9.17, 15) is 0 Å². The summed E-state index contributed by atoms with van der Waals surface area (Å²) in [7, 11) is 0. The van der Waals surface area contributed by atoms with Gasteiger partial charge in [0.1, 0.15) is 5.69 Å². The molecule has 1 aromatic carbocycles. The molecular formula is C16H16N4O. The smallest absolute Gasteiger partial charge is 0.231 e. The van der Waals surface area contributed by atoms with Gasteiger partial charge in [0, 0.05) is 11.9 Å². The second-order valence-corrected chi connectivity index (χ2v) is 5.07. The van der Waals surface area contributed by atoms with Crippen molar-refractivity contribution in [2.24, 2.45) is 0 Å². The van der Waals surface area contributed by atoms with E-state index in [1.165, 1.54) is 0 Å². The van der Waals surface area contributed by atoms with Crippen molar-refractivity contribution in [3.05, 3.63) is 59.1 Å². The molecular weight excluding hydrogens is 264 g/mol. The molecule has 0 atom stereocenters. The number of aromatic nitrogens is 3. The lowest BCUT2D eigenvalue weighted by Crippen LogP contribution is -1.96. The van der Waals surface area contributed by atoms with Crippen LogP contribution in [0.5, 0.6) is 0 Å². The van der Waals surface area contributed by atoms with Gasteiger partial charge in [0.2, 0.25) is 11.7 Å². The lowest BCUT2D eigenvalue weighted by atomic mass is 10.1. The first kappa shape index (κ1) is 13.3. The fourth-order valence-electron chi connectivity index (χ4n) is 2.23. The normalized spacial score (nSPS) is 10.8. The van der Waals surface area contributed by atoms with Crippen molar-refractivity contribution >= 4 is 5.69 Å². The van der Waals surface area contributed by atoms with E-state index >= 15 is 0 Å². The standard InChI is InChI=1S/C16H16N4O/c1-10-7-11(2)15(18-9-10)16-19-14(21-20-16)8-12-5-3-4-6-13(12)17/h3-7,9H,8,17H2,1-2H3. The Labute approximate surface area is 122 Å². The molecule has 5 nitrogen and oxygen atoms in total. The summed E-state index contributed by atoms with van der Waals surface area (Å²) in [6.07, 6.45) is 2.32. The maximum absolute atomic E-state index is 5.92. The third kappa shape index (κ3) is 2.76. The molecule has 0 spiro atoms. The van der Waals surface area contributed by atoms with Gasteiger partial charge in [-0.25, -0.2) is 0 Å². The fraction of sp³-hybridized carbons (Fsp3) is 0.188. The van der Waals surface area contributed by atoms with Gasteiger partial charge in [-0.1, -0.05) is 29.4 Å². The highest BCUT2D eigenvalue weighted by Gasteiger charge is 2.13. The van der Waals surface area contributed by atoms with Gasteiger partial charge in [0.15, 0.2) is 0 Å². The van der Waals surface area contributed by atoms with E-state index in [4.69, 9.17) is 10.3 Å². The molecule has 0 amide bonds. The molecule has 5 heteroatoms. The molecule has 21 heavy (non-hydrogen) atoms. The summed E-state index contributed by atoms with van der Waals surface area (Å²) in [4.78, 5) is 8.79. The van der Waals surface area contributed by atoms with Crippen molar-refractivity contribution in [2.45, 2.75) is 20.3 Å². The van der Waals surface area contributed by atoms with Crippen molar-refractivity contribution in [3.8, 4) is 11.5 Å². The highest BCUT2D eigenvalue weighted by molar-refractivity contribution is 5.54. The summed E-state index contributed by atoms with van der Waals surface area (Å²) >= 11 is 0. The van der Waals surface area contributed by atoms with Crippen molar-refractivity contribution in [2.75, 3.05) is 5.73 Å². The van der Waals surface area contributed by atoms with E-state index < -0.39 is 0 Å². The molecule has 0 bridgehead atoms. The van der Waals surface area contributed by atoms with Crippen molar-refractivity contribution in [1.82, 2.24) is 15.1 Å². The maximum Gasteiger partial charge on any atom is 0.231 e. The van der Waals surface area contributed by atoms with Gasteiger partial charge in [-0.2, -0.15) is 4.98 Å². The van der Waals surface area contributed by atoms with Crippen LogP contribution >= 0.6 is 0 Å². The van der Waals surface area contributed by atoms with Gasteiger partial charge < -0.3 is 10.3 Å². The SMILES string of the molecule is Cc1cnc(-c2noc(Cc3ccccc3N)n2)c(C)c1. The number of nitrogens with zero attached hydrogens (tertiary/aromatic N) is 3. The Balaban J connectivity index is 1.88. The molecule has 2 heterocycles. The second-order valence-electron chi connectivity index (χ2n) is 5.07. The van der Waals surface area contributed by atoms with Gasteiger partial charge in [-0.3, -0.25) is 4.98 Å². The zero-order valence-corrected chi connectivity index (χ0v) is 12.0. The molecule has 0 fully saturated rings. The Hall–Kier alpha value is -2.69. The maximum atomic E-state index is 5.92. The first-order valence-corrected chi connectivity index (χ1v) is 6.73. The minimum atomic E-state index is 0.511. The third-order valence-corrected chi connectivity index (χ3v) is 3.29. The number of para-hydroxylation sites is 1. The molecule has 0 saturated carbocycles. The van der Waals surface area contributed by atoms with Crippen LogP contribution in [-0.4, -0.2) is 15.1 Å². The Morgan fingerprint density at radius 3 is 2.76 bits per heavy atom. The molecule has 0 aliphatic rings. The average molecular weight is 280 g/mol. The number of nitrogens with two attached hydrogens (primary N) is 1. The minimum Gasteiger partial charge on any atom is -0.398 e. The van der Waals surface area contributed by atoms with Crippen molar-refractivity contribution < 1.29 is 4.52 Å². The lowest BCUT2D eigenvalue weighted by Gasteiger charge is -2.01. The van der Waals surface area contributed by atoms with Gasteiger partial charge in [0.05, 0.1) is 6.42 Å². The number of rotatable bonds is 3. The van der Waals surface area contributed by atoms with E-state index in [-0.39, 0.29) is 0 Å². The highest BCUT2D eigenvalue weighted by Crippen LogP contribution is 2.20. The van der Waals surface area contributed by atoms with Gasteiger partial charge in [0.25, 0.3) is 0 Å². The number of aryl methyl sites for hydroxylation is 2. The third-order valence-electron chi connectivity index (χ3n) is 3.29. The summed E-state index contributed by atoms with van der Waals surface area (Å²) in [6.45, 7) is 3.99. The van der Waals surface area contributed by atoms with Crippen molar-refractivity contribution in [1.29, 1.82) is 0 Å². The van der Waals surface area contributed by atoms with Crippen LogP contribution in [-0.2, 0) is 6.42 Å². The monoisotopic (exact) mass is 280 g/mol. The zero-order chi connectivity index (χ0) is 14.8. The van der Waals surface area contributed by atoms with Crippen LogP contribution in [0.15, 0.2) is 41.1 Å². The molecule has 2 aromatic heterocycles. The van der Waals surface area contributed by atoms with Crippen LogP contribution in [0.1, 0.15) is 22.6 Å². The number of nitrogen functional groups attached to an aromatic ring is 1. The predicted molar refractivity (Wildman–Crippen MR) is 80.7 cm³/mol. The van der Waals surface area contributed by atoms with Crippen LogP contribution in [0.2, 0.25) is 0 Å². The number of anilines is 1. The van der Waals surface area contributed by atoms with E-state index in [2.05, 4.69) is 15.1 Å². The molecule has 3 rings (SSSR count). The summed E-state index contributed by atoms with van der Waals surface area (Å²) in [5, 5.41) is 4.01. The van der Waals surface area contributed by atoms with E-state index in [1.807, 2.05) is 44.2 Å². The molecule has 2 N–H and O–H groups in total. The largest absolute Gasteiger partial charge is 0.398 e. The number of pyridine rings is 1. The van der Waals surface area contributed by atoms with Gasteiger partial charge in [-0.05, 0) is 36.6 Å². The fourth-order valence-corrected chi connectivity index (χ4v) is 2.23. The molecule has 0 radical (unpaired) electrons. The first-order valence-electron chi connectivity index (χ1n) is 6.73. The predicted octanol–water partition coefficient (Wildman–Crippen LogP) is 2.92. The number of hydrogen-bond acceptors (Lipinski definition) is 5. The average Bonchev–Trinajstić information content (AvgIpc) is 2.90. The molecule has 0 saturated heterocycles. The number of hydrogen-bond donors (Lipinski definition) is 1. The quantitative estimate of drug-likeness (QED) is 0.746. The second kappa shape index (κ2) is 5.36. The van der Waals surface area contributed by atoms with Crippen LogP contribution < -0.4 is 5.73 Å². The van der Waals surface area contributed by atoms with Crippen LogP contribution in [0.4, 0.5) is 5.69 Å². The molecule has 0 aliphatic carbocycles. The Kier molecular flexibility index (Phi) is 3.39. The topological polar surface area (TPSA) is 77.8 Å². The van der Waals surface area contributed by atoms with Crippen LogP contribution in [0, 0.1) is 13.8 Å². The van der Waals surface area contributed by atoms with E-state index in [1.54, 1.807) is 6.20 Å². The lowest BCUT2D eigenvalue weighted by molar-refractivity contribution is 0.385. The molecule has 3 aromatic rings. The summed E-state index contributed by atoms with van der Waals surface area (Å²) < 4.78 is 5.31. The van der Waals surface area contributed by atoms with E-state index in [0.29, 0.717) is 18.1 Å².